The van der Waals surface area contributed by atoms with Gasteiger partial charge in [-0.15, -0.1) is 0 Å². The van der Waals surface area contributed by atoms with Crippen molar-refractivity contribution in [3.8, 4) is 5.75 Å². The summed E-state index contributed by atoms with van der Waals surface area (Å²) in [4.78, 5) is 4.38. The molecular weight excluding hydrogens is 209 g/mol. The molecule has 0 saturated heterocycles. The van der Waals surface area contributed by atoms with Crippen molar-refractivity contribution in [3.63, 3.8) is 0 Å². The van der Waals surface area contributed by atoms with Gasteiger partial charge in [-0.1, -0.05) is 0 Å². The summed E-state index contributed by atoms with van der Waals surface area (Å²) in [6, 6.07) is 4.89. The second-order valence-electron chi connectivity index (χ2n) is 3.70. The summed E-state index contributed by atoms with van der Waals surface area (Å²) in [6.07, 6.45) is 2.17. The van der Waals surface area contributed by atoms with Crippen LogP contribution in [0.2, 0.25) is 0 Å². The van der Waals surface area contributed by atoms with Gasteiger partial charge in [0.1, 0.15) is 5.84 Å². The van der Waals surface area contributed by atoms with Crippen molar-refractivity contribution in [2.24, 2.45) is 10.8 Å². The number of nitrogens with two attached hydrogens (primary N) is 1. The van der Waals surface area contributed by atoms with Crippen molar-refractivity contribution in [1.82, 2.24) is 5.43 Å². The molecule has 0 aliphatic heterocycles. The van der Waals surface area contributed by atoms with Crippen LogP contribution in [0.15, 0.2) is 23.2 Å². The number of hydrazine groups is 1. The van der Waals surface area contributed by atoms with Gasteiger partial charge in [0.15, 0.2) is 11.6 Å². The predicted octanol–water partition coefficient (Wildman–Crippen LogP) is 1.21. The van der Waals surface area contributed by atoms with Gasteiger partial charge in [0.2, 0.25) is 0 Å². The second-order valence-corrected chi connectivity index (χ2v) is 3.70. The Hall–Kier alpha value is -1.62. The quantitative estimate of drug-likeness (QED) is 0.350. The first kappa shape index (κ1) is 10.9. The van der Waals surface area contributed by atoms with Crippen LogP contribution < -0.4 is 16.0 Å². The van der Waals surface area contributed by atoms with Gasteiger partial charge in [-0.05, 0) is 31.0 Å². The average molecular weight is 223 g/mol. The number of amidine groups is 1. The summed E-state index contributed by atoms with van der Waals surface area (Å²) in [6.45, 7) is 0. The molecule has 0 spiro atoms. The monoisotopic (exact) mass is 223 g/mol. The van der Waals surface area contributed by atoms with Crippen LogP contribution in [-0.4, -0.2) is 19.0 Å². The lowest BCUT2D eigenvalue weighted by Gasteiger charge is -2.08. The first-order valence-electron chi connectivity index (χ1n) is 5.13. The lowest BCUT2D eigenvalue weighted by atomic mass is 10.2. The molecule has 5 heteroatoms. The van der Waals surface area contributed by atoms with E-state index in [0.717, 1.165) is 18.4 Å². The minimum Gasteiger partial charge on any atom is -0.494 e. The molecule has 1 aromatic rings. The normalized spacial score (nSPS) is 16.1. The standard InChI is InChI=1S/C11H14FN3O/c1-16-10-6-7(2-5-9(10)12)11(15-13)14-8-3-4-8/h2,5-6,8H,3-4,13H2,1H3,(H,14,15). The lowest BCUT2D eigenvalue weighted by molar-refractivity contribution is 0.386. The number of nitrogens with zero attached hydrogens (tertiary/aromatic N) is 1. The predicted molar refractivity (Wildman–Crippen MR) is 59.8 cm³/mol. The summed E-state index contributed by atoms with van der Waals surface area (Å²) >= 11 is 0. The van der Waals surface area contributed by atoms with Gasteiger partial charge in [-0.3, -0.25) is 4.99 Å². The molecule has 0 radical (unpaired) electrons. The highest BCUT2D eigenvalue weighted by Gasteiger charge is 2.21. The molecule has 0 amide bonds. The molecule has 0 atom stereocenters. The first-order valence-corrected chi connectivity index (χ1v) is 5.13. The molecule has 3 N–H and O–H groups in total. The van der Waals surface area contributed by atoms with E-state index in [9.17, 15) is 4.39 Å². The zero-order valence-corrected chi connectivity index (χ0v) is 9.03. The van der Waals surface area contributed by atoms with Crippen LogP contribution in [0, 0.1) is 5.82 Å². The Morgan fingerprint density at radius 1 is 1.56 bits per heavy atom. The van der Waals surface area contributed by atoms with E-state index >= 15 is 0 Å². The van der Waals surface area contributed by atoms with E-state index in [2.05, 4.69) is 10.4 Å². The molecule has 1 aliphatic carbocycles. The summed E-state index contributed by atoms with van der Waals surface area (Å²) in [5, 5.41) is 0. The Morgan fingerprint density at radius 2 is 2.31 bits per heavy atom. The Balaban J connectivity index is 2.30. The number of ether oxygens (including phenoxy) is 1. The highest BCUT2D eigenvalue weighted by atomic mass is 19.1. The molecule has 1 fully saturated rings. The zero-order valence-electron chi connectivity index (χ0n) is 9.03. The van der Waals surface area contributed by atoms with Gasteiger partial charge in [0.25, 0.3) is 0 Å². The number of nitrogens with one attached hydrogen (secondary N) is 1. The van der Waals surface area contributed by atoms with Gasteiger partial charge < -0.3 is 10.2 Å². The minimum atomic E-state index is -0.394. The van der Waals surface area contributed by atoms with Crippen LogP contribution in [0.4, 0.5) is 4.39 Å². The molecule has 0 unspecified atom stereocenters. The third-order valence-electron chi connectivity index (χ3n) is 2.42. The van der Waals surface area contributed by atoms with Gasteiger partial charge >= 0.3 is 0 Å². The number of aliphatic imine (C=N–C) groups is 1. The van der Waals surface area contributed by atoms with Gasteiger partial charge in [0.05, 0.1) is 13.2 Å². The third-order valence-corrected chi connectivity index (χ3v) is 2.42. The smallest absolute Gasteiger partial charge is 0.165 e. The molecule has 1 aliphatic rings. The molecule has 0 heterocycles. The highest BCUT2D eigenvalue weighted by molar-refractivity contribution is 5.98. The third kappa shape index (κ3) is 2.30. The number of benzene rings is 1. The largest absolute Gasteiger partial charge is 0.494 e. The van der Waals surface area contributed by atoms with E-state index < -0.39 is 5.82 Å². The fraction of sp³-hybridized carbons (Fsp3) is 0.364. The number of methoxy groups -OCH3 is 1. The molecule has 86 valence electrons. The van der Waals surface area contributed by atoms with Crippen molar-refractivity contribution in [3.05, 3.63) is 29.6 Å². The molecule has 2 rings (SSSR count). The van der Waals surface area contributed by atoms with E-state index in [1.165, 1.54) is 13.2 Å². The van der Waals surface area contributed by atoms with Gasteiger partial charge in [0, 0.05) is 5.56 Å². The van der Waals surface area contributed by atoms with Crippen LogP contribution in [0.3, 0.4) is 0 Å². The van der Waals surface area contributed by atoms with Gasteiger partial charge in [-0.25, -0.2) is 10.2 Å². The fourth-order valence-electron chi connectivity index (χ4n) is 1.39. The van der Waals surface area contributed by atoms with Crippen LogP contribution in [0.1, 0.15) is 18.4 Å². The summed E-state index contributed by atoms with van der Waals surface area (Å²) in [5.41, 5.74) is 3.26. The summed E-state index contributed by atoms with van der Waals surface area (Å²) in [5.74, 6) is 5.76. The number of halogens is 1. The van der Waals surface area contributed by atoms with Crippen molar-refractivity contribution >= 4 is 5.84 Å². The average Bonchev–Trinajstić information content (AvgIpc) is 3.11. The van der Waals surface area contributed by atoms with Crippen LogP contribution in [0.5, 0.6) is 5.75 Å². The Bertz CT molecular complexity index is 416. The van der Waals surface area contributed by atoms with Crippen molar-refractivity contribution in [1.29, 1.82) is 0 Å². The number of hydrogen-bond donors (Lipinski definition) is 2. The topological polar surface area (TPSA) is 59.6 Å². The van der Waals surface area contributed by atoms with E-state index in [1.807, 2.05) is 0 Å². The molecular formula is C11H14FN3O. The minimum absolute atomic E-state index is 0.191. The molecule has 4 nitrogen and oxygen atoms in total. The van der Waals surface area contributed by atoms with Gasteiger partial charge in [-0.2, -0.15) is 0 Å². The maximum absolute atomic E-state index is 13.2. The summed E-state index contributed by atoms with van der Waals surface area (Å²) < 4.78 is 18.1. The molecule has 0 aromatic heterocycles. The maximum atomic E-state index is 13.2. The van der Waals surface area contributed by atoms with Crippen LogP contribution >= 0.6 is 0 Å². The Kier molecular flexibility index (Phi) is 3.05. The number of rotatable bonds is 3. The van der Waals surface area contributed by atoms with Crippen LogP contribution in [0.25, 0.3) is 0 Å². The fourth-order valence-corrected chi connectivity index (χ4v) is 1.39. The number of hydrogen-bond acceptors (Lipinski definition) is 3. The Labute approximate surface area is 93.3 Å². The molecule has 1 aromatic carbocycles. The van der Waals surface area contributed by atoms with Crippen molar-refractivity contribution in [2.75, 3.05) is 7.11 Å². The van der Waals surface area contributed by atoms with Crippen molar-refractivity contribution in [2.45, 2.75) is 18.9 Å². The second kappa shape index (κ2) is 4.49. The van der Waals surface area contributed by atoms with E-state index in [0.29, 0.717) is 11.9 Å². The van der Waals surface area contributed by atoms with E-state index in [1.54, 1.807) is 12.1 Å². The highest BCUT2D eigenvalue weighted by Crippen LogP contribution is 2.25. The Morgan fingerprint density at radius 3 is 2.88 bits per heavy atom. The van der Waals surface area contributed by atoms with Crippen LogP contribution in [-0.2, 0) is 0 Å². The van der Waals surface area contributed by atoms with E-state index in [-0.39, 0.29) is 5.75 Å². The molecule has 16 heavy (non-hydrogen) atoms. The van der Waals surface area contributed by atoms with Crippen molar-refractivity contribution < 1.29 is 9.13 Å². The first-order chi connectivity index (χ1) is 7.74. The van der Waals surface area contributed by atoms with E-state index in [4.69, 9.17) is 10.6 Å². The zero-order chi connectivity index (χ0) is 11.5. The molecule has 1 saturated carbocycles. The lowest BCUT2D eigenvalue weighted by Crippen LogP contribution is -2.31. The summed E-state index contributed by atoms with van der Waals surface area (Å²) in [7, 11) is 1.43. The SMILES string of the molecule is COc1cc(C(=NC2CC2)NN)ccc1F. The molecule has 0 bridgehead atoms. The maximum Gasteiger partial charge on any atom is 0.165 e.